The third-order valence-corrected chi connectivity index (χ3v) is 8.35. The third kappa shape index (κ3) is 5.72. The predicted molar refractivity (Wildman–Crippen MR) is 152 cm³/mol. The van der Waals surface area contributed by atoms with Crippen molar-refractivity contribution in [2.45, 2.75) is 56.0 Å². The van der Waals surface area contributed by atoms with E-state index in [1.807, 2.05) is 18.6 Å². The fraction of sp³-hybridized carbons (Fsp3) is 0.385. The highest BCUT2D eigenvalue weighted by molar-refractivity contribution is 7.90. The van der Waals surface area contributed by atoms with Gasteiger partial charge in [-0.2, -0.15) is 0 Å². The lowest BCUT2D eigenvalue weighted by Gasteiger charge is -2.40. The number of sulfonamides is 1. The minimum atomic E-state index is -4.52. The van der Waals surface area contributed by atoms with Gasteiger partial charge >= 0.3 is 0 Å². The number of carbonyl (C=O) groups is 1. The number of hydrogen-bond donors (Lipinski definition) is 7. The number of aromatic nitrogens is 3. The number of nitrogen functional groups attached to an aromatic ring is 1. The molecule has 3 aromatic heterocycles. The van der Waals surface area contributed by atoms with Crippen molar-refractivity contribution in [1.82, 2.24) is 19.7 Å². The maximum Gasteiger partial charge on any atom is 0.285 e. The minimum absolute atomic E-state index is 0. The first kappa shape index (κ1) is 31.0. The molecule has 0 unspecified atom stereocenters. The van der Waals surface area contributed by atoms with Gasteiger partial charge in [0.1, 0.15) is 22.4 Å². The molecule has 230 valence electrons. The van der Waals surface area contributed by atoms with Crippen LogP contribution < -0.4 is 20.1 Å². The second-order valence-corrected chi connectivity index (χ2v) is 12.2. The number of aliphatic hydroxyl groups is 5. The summed E-state index contributed by atoms with van der Waals surface area (Å²) < 4.78 is 33.5. The van der Waals surface area contributed by atoms with E-state index in [1.165, 1.54) is 44.4 Å². The Kier molecular flexibility index (Phi) is 7.92. The van der Waals surface area contributed by atoms with Gasteiger partial charge in [-0.15, -0.1) is 0 Å². The average Bonchev–Trinajstić information content (AvgIpc) is 3.07. The number of carbonyl (C=O) groups excluding carboxylic acids is 1. The van der Waals surface area contributed by atoms with Crippen LogP contribution >= 0.6 is 0 Å². The van der Waals surface area contributed by atoms with Crippen molar-refractivity contribution in [3.05, 3.63) is 54.4 Å². The van der Waals surface area contributed by atoms with Gasteiger partial charge in [0.2, 0.25) is 5.88 Å². The second kappa shape index (κ2) is 10.7. The molecule has 1 amide bonds. The van der Waals surface area contributed by atoms with E-state index in [0.717, 1.165) is 11.0 Å². The van der Waals surface area contributed by atoms with Crippen LogP contribution in [0, 0.1) is 5.92 Å². The highest BCUT2D eigenvalue weighted by Crippen LogP contribution is 2.46. The van der Waals surface area contributed by atoms with E-state index in [9.17, 15) is 38.7 Å². The number of rotatable bonds is 8. The Bertz CT molecular complexity index is 1600. The number of nitrogens with zero attached hydrogens (tertiary/aromatic N) is 4. The molecule has 1 fully saturated rings. The maximum atomic E-state index is 13.4. The second-order valence-electron chi connectivity index (χ2n) is 10.6. The summed E-state index contributed by atoms with van der Waals surface area (Å²) in [5.74, 6) is -9.85. The first-order valence-corrected chi connectivity index (χ1v) is 14.2. The monoisotopic (exact) mass is 608 g/mol. The predicted octanol–water partition coefficient (Wildman–Crippen LogP) is 0.0451. The van der Waals surface area contributed by atoms with Gasteiger partial charge in [-0.25, -0.2) is 28.1 Å². The van der Waals surface area contributed by atoms with Gasteiger partial charge in [-0.05, 0) is 58.0 Å². The van der Waals surface area contributed by atoms with Crippen LogP contribution in [-0.4, -0.2) is 84.8 Å². The third-order valence-electron chi connectivity index (χ3n) is 6.97. The van der Waals surface area contributed by atoms with Crippen molar-refractivity contribution in [3.63, 3.8) is 0 Å². The summed E-state index contributed by atoms with van der Waals surface area (Å²) in [5.41, 5.74) is 4.26. The van der Waals surface area contributed by atoms with Crippen molar-refractivity contribution >= 4 is 27.6 Å². The van der Waals surface area contributed by atoms with Crippen LogP contribution in [-0.2, 0) is 10.0 Å². The zero-order chi connectivity index (χ0) is 31.3. The van der Waals surface area contributed by atoms with E-state index in [1.54, 1.807) is 12.1 Å². The van der Waals surface area contributed by atoms with Crippen molar-refractivity contribution in [3.8, 4) is 17.1 Å². The zero-order valence-electron chi connectivity index (χ0n) is 23.1. The maximum absolute atomic E-state index is 13.4. The first-order chi connectivity index (χ1) is 19.4. The Morgan fingerprint density at radius 2 is 1.86 bits per heavy atom. The molecule has 42 heavy (non-hydrogen) atoms. The summed E-state index contributed by atoms with van der Waals surface area (Å²) in [6.45, 7) is 5.66. The van der Waals surface area contributed by atoms with E-state index in [0.29, 0.717) is 11.4 Å². The highest BCUT2D eigenvalue weighted by Gasteiger charge is 2.65. The zero-order valence-corrected chi connectivity index (χ0v) is 23.9. The topological polar surface area (TPSA) is 242 Å². The van der Waals surface area contributed by atoms with Gasteiger partial charge in [0.05, 0.1) is 22.9 Å². The lowest BCUT2D eigenvalue weighted by atomic mass is 9.86. The summed E-state index contributed by atoms with van der Waals surface area (Å²) in [4.78, 5) is 26.6. The van der Waals surface area contributed by atoms with Crippen LogP contribution in [0.1, 0.15) is 40.9 Å². The lowest BCUT2D eigenvalue weighted by Crippen LogP contribution is -2.60. The first-order valence-electron chi connectivity index (χ1n) is 12.7. The van der Waals surface area contributed by atoms with Gasteiger partial charge in [-0.1, -0.05) is 0 Å². The Balaban J connectivity index is 0.00000337. The minimum Gasteiger partial charge on any atom is -0.475 e. The van der Waals surface area contributed by atoms with Gasteiger partial charge in [0, 0.05) is 33.4 Å². The summed E-state index contributed by atoms with van der Waals surface area (Å²) in [5, 5.41) is 51.5. The fourth-order valence-corrected chi connectivity index (χ4v) is 5.65. The van der Waals surface area contributed by atoms with Crippen LogP contribution in [0.4, 0.5) is 11.6 Å². The molecule has 0 aromatic carbocycles. The average molecular weight is 609 g/mol. The molecule has 15 nitrogen and oxygen atoms in total. The molecule has 0 saturated carbocycles. The largest absolute Gasteiger partial charge is 0.475 e. The molecule has 0 radical (unpaired) electrons. The number of hydrogen-bond acceptors (Lipinski definition) is 14. The molecule has 4 heterocycles. The summed E-state index contributed by atoms with van der Waals surface area (Å²) in [6.07, 6.45) is 2.61. The summed E-state index contributed by atoms with van der Waals surface area (Å²) >= 11 is 0. The quantitative estimate of drug-likeness (QED) is 0.167. The van der Waals surface area contributed by atoms with Crippen LogP contribution in [0.5, 0.6) is 5.88 Å². The number of nitrogens with two attached hydrogens (primary N) is 1. The molecule has 1 aliphatic heterocycles. The van der Waals surface area contributed by atoms with E-state index in [2.05, 4.69) is 15.0 Å². The molecule has 1 atom stereocenters. The van der Waals surface area contributed by atoms with Crippen LogP contribution in [0.25, 0.3) is 11.3 Å². The number of pyridine rings is 3. The van der Waals surface area contributed by atoms with Gasteiger partial charge < -0.3 is 40.9 Å². The van der Waals surface area contributed by atoms with E-state index < -0.39 is 50.6 Å². The number of anilines is 2. The molecule has 1 saturated heterocycles. The smallest absolute Gasteiger partial charge is 0.285 e. The van der Waals surface area contributed by atoms with Crippen LogP contribution in [0.2, 0.25) is 0 Å². The van der Waals surface area contributed by atoms with E-state index in [-0.39, 0.29) is 31.9 Å². The number of nitrogens with one attached hydrogen (secondary N) is 1. The van der Waals surface area contributed by atoms with Crippen molar-refractivity contribution in [2.75, 3.05) is 17.2 Å². The van der Waals surface area contributed by atoms with Gasteiger partial charge in [0.15, 0.2) is 5.79 Å². The Morgan fingerprint density at radius 3 is 2.40 bits per heavy atom. The number of ether oxygens (including phenoxy) is 1. The summed E-state index contributed by atoms with van der Waals surface area (Å²) in [6, 6.07) is 8.40. The SMILES string of the molecule is CC(C)Oc1ccc(-c2ccc(C(=O)NS(=O)(=O)c3cccnc3N)c(N3C[C@@H](C(O)(O)O)C(O)(O)C3(C)C)n2)cn1.[HH].[HH]. The van der Waals surface area contributed by atoms with Crippen LogP contribution in [0.3, 0.4) is 0 Å². The highest BCUT2D eigenvalue weighted by atomic mass is 32.2. The molecule has 8 N–H and O–H groups in total. The summed E-state index contributed by atoms with van der Waals surface area (Å²) in [7, 11) is -4.52. The molecule has 0 aliphatic carbocycles. The van der Waals surface area contributed by atoms with Gasteiger partial charge in [-0.3, -0.25) is 4.79 Å². The van der Waals surface area contributed by atoms with Gasteiger partial charge in [0.25, 0.3) is 21.9 Å². The molecule has 0 spiro atoms. The molecule has 0 bridgehead atoms. The molecular weight excluding hydrogens is 572 g/mol. The lowest BCUT2D eigenvalue weighted by molar-refractivity contribution is -0.386. The molecular formula is C26H36N6O9S. The van der Waals surface area contributed by atoms with Crippen LogP contribution in [0.15, 0.2) is 53.7 Å². The Hall–Kier alpha value is -3.93. The normalized spacial score (nSPS) is 18.2. The van der Waals surface area contributed by atoms with E-state index >= 15 is 0 Å². The number of amides is 1. The fourth-order valence-electron chi connectivity index (χ4n) is 4.60. The van der Waals surface area contributed by atoms with Crippen molar-refractivity contribution in [1.29, 1.82) is 0 Å². The Labute approximate surface area is 244 Å². The van der Waals surface area contributed by atoms with E-state index in [4.69, 9.17) is 10.5 Å². The van der Waals surface area contributed by atoms with Crippen molar-refractivity contribution in [2.24, 2.45) is 5.92 Å². The molecule has 1 aliphatic rings. The molecule has 4 rings (SSSR count). The van der Waals surface area contributed by atoms with Crippen molar-refractivity contribution < 1.29 is 46.3 Å². The molecule has 16 heteroatoms. The molecule has 3 aromatic rings. The standard InChI is InChI=1S/C26H32N6O9S.2H2/c1-14(2)41-20-10-7-15(12-29-20)17-9-8-16(23(33)31-42(39,40)18-6-5-11-28-21(18)27)22(30-17)32-13-19(26(36,37)38)25(34,35)24(32,3)4;;/h5-12,14,19,34-38H,13H2,1-4H3,(H2,27,28)(H,31,33);2*1H/t19-;;/m1../s1. The Morgan fingerprint density at radius 1 is 1.17 bits per heavy atom.